The van der Waals surface area contributed by atoms with Crippen LogP contribution < -0.4 is 0 Å². The summed E-state index contributed by atoms with van der Waals surface area (Å²) in [5.41, 5.74) is 0.586. The molecule has 1 fully saturated rings. The Morgan fingerprint density at radius 3 is 2.72 bits per heavy atom. The SMILES string of the molecule is COCc1ccc(C2(N=C=O)CCCC2)c(F)c1. The molecule has 0 unspecified atom stereocenters. The van der Waals surface area contributed by atoms with E-state index in [1.807, 2.05) is 6.07 Å². The van der Waals surface area contributed by atoms with Gasteiger partial charge in [0.05, 0.1) is 6.61 Å². The van der Waals surface area contributed by atoms with E-state index in [2.05, 4.69) is 4.99 Å². The Bertz CT molecular complexity index is 475. The minimum atomic E-state index is -0.697. The van der Waals surface area contributed by atoms with Crippen LogP contribution in [0.15, 0.2) is 23.2 Å². The molecule has 0 radical (unpaired) electrons. The van der Waals surface area contributed by atoms with E-state index < -0.39 is 5.54 Å². The fourth-order valence-electron chi connectivity index (χ4n) is 2.68. The second-order valence-corrected chi connectivity index (χ2v) is 4.69. The second-order valence-electron chi connectivity index (χ2n) is 4.69. The quantitative estimate of drug-likeness (QED) is 0.607. The van der Waals surface area contributed by atoms with Crippen LogP contribution in [-0.4, -0.2) is 13.2 Å². The van der Waals surface area contributed by atoms with Crippen LogP contribution in [-0.2, 0) is 21.7 Å². The molecule has 0 N–H and O–H groups in total. The van der Waals surface area contributed by atoms with Crippen molar-refractivity contribution >= 4 is 6.08 Å². The van der Waals surface area contributed by atoms with Crippen molar-refractivity contribution in [2.75, 3.05) is 7.11 Å². The number of methoxy groups -OCH3 is 1. The van der Waals surface area contributed by atoms with Crippen LogP contribution in [0.25, 0.3) is 0 Å². The van der Waals surface area contributed by atoms with E-state index in [-0.39, 0.29) is 5.82 Å². The molecule has 0 amide bonds. The summed E-state index contributed by atoms with van der Waals surface area (Å²) in [7, 11) is 1.57. The first kappa shape index (κ1) is 12.9. The number of ether oxygens (including phenoxy) is 1. The highest BCUT2D eigenvalue weighted by Crippen LogP contribution is 2.43. The Balaban J connectivity index is 2.39. The molecule has 3 nitrogen and oxygen atoms in total. The molecule has 0 heterocycles. The molecule has 0 saturated heterocycles. The molecule has 1 aliphatic rings. The van der Waals surface area contributed by atoms with Crippen molar-refractivity contribution in [3.63, 3.8) is 0 Å². The molecule has 0 spiro atoms. The summed E-state index contributed by atoms with van der Waals surface area (Å²) in [6.07, 6.45) is 4.95. The third-order valence-corrected chi connectivity index (χ3v) is 3.54. The molecule has 1 saturated carbocycles. The normalized spacial score (nSPS) is 17.4. The van der Waals surface area contributed by atoms with E-state index in [1.54, 1.807) is 19.3 Å². The summed E-state index contributed by atoms with van der Waals surface area (Å²) in [5, 5.41) is 0. The molecule has 4 heteroatoms. The summed E-state index contributed by atoms with van der Waals surface area (Å²) in [6.45, 7) is 0.376. The molecular weight excluding hydrogens is 233 g/mol. The zero-order valence-electron chi connectivity index (χ0n) is 10.4. The average Bonchev–Trinajstić information content (AvgIpc) is 2.79. The fraction of sp³-hybridized carbons (Fsp3) is 0.500. The lowest BCUT2D eigenvalue weighted by Crippen LogP contribution is -2.20. The van der Waals surface area contributed by atoms with Gasteiger partial charge in [-0.3, -0.25) is 0 Å². The first-order valence-corrected chi connectivity index (χ1v) is 6.09. The summed E-state index contributed by atoms with van der Waals surface area (Å²) in [5.74, 6) is -0.314. The Morgan fingerprint density at radius 1 is 1.44 bits per heavy atom. The van der Waals surface area contributed by atoms with E-state index in [0.717, 1.165) is 18.4 Å². The number of isocyanates is 1. The van der Waals surface area contributed by atoms with Gasteiger partial charge >= 0.3 is 0 Å². The fourth-order valence-corrected chi connectivity index (χ4v) is 2.68. The van der Waals surface area contributed by atoms with E-state index in [9.17, 15) is 9.18 Å². The van der Waals surface area contributed by atoms with Gasteiger partial charge < -0.3 is 4.74 Å². The van der Waals surface area contributed by atoms with Crippen LogP contribution in [0.2, 0.25) is 0 Å². The van der Waals surface area contributed by atoms with Gasteiger partial charge in [0.2, 0.25) is 6.08 Å². The number of nitrogens with zero attached hydrogens (tertiary/aromatic N) is 1. The number of aliphatic imine (C=N–C) groups is 1. The van der Waals surface area contributed by atoms with Crippen molar-refractivity contribution in [3.05, 3.63) is 35.1 Å². The van der Waals surface area contributed by atoms with Crippen molar-refractivity contribution in [3.8, 4) is 0 Å². The minimum Gasteiger partial charge on any atom is -0.380 e. The molecule has 0 bridgehead atoms. The summed E-state index contributed by atoms with van der Waals surface area (Å²) >= 11 is 0. The van der Waals surface area contributed by atoms with Gasteiger partial charge in [0, 0.05) is 12.7 Å². The number of carbonyl (C=O) groups excluding carboxylic acids is 1. The molecule has 1 aromatic carbocycles. The molecule has 1 aliphatic carbocycles. The minimum absolute atomic E-state index is 0.314. The van der Waals surface area contributed by atoms with Gasteiger partial charge in [-0.2, -0.15) is 4.99 Å². The van der Waals surface area contributed by atoms with Crippen molar-refractivity contribution in [2.24, 2.45) is 4.99 Å². The molecular formula is C14H16FNO2. The largest absolute Gasteiger partial charge is 0.380 e. The molecule has 0 atom stereocenters. The van der Waals surface area contributed by atoms with Crippen LogP contribution in [0.1, 0.15) is 36.8 Å². The van der Waals surface area contributed by atoms with Crippen molar-refractivity contribution in [1.82, 2.24) is 0 Å². The van der Waals surface area contributed by atoms with Crippen LogP contribution in [0.5, 0.6) is 0 Å². The van der Waals surface area contributed by atoms with Gasteiger partial charge in [0.15, 0.2) is 0 Å². The zero-order chi connectivity index (χ0) is 13.0. The Hall–Kier alpha value is -1.51. The highest BCUT2D eigenvalue weighted by molar-refractivity contribution is 5.40. The Labute approximate surface area is 106 Å². The van der Waals surface area contributed by atoms with Crippen LogP contribution in [0.3, 0.4) is 0 Å². The maximum Gasteiger partial charge on any atom is 0.235 e. The van der Waals surface area contributed by atoms with E-state index in [4.69, 9.17) is 4.74 Å². The van der Waals surface area contributed by atoms with Gasteiger partial charge in [-0.15, -0.1) is 0 Å². The standard InChI is InChI=1S/C14H16FNO2/c1-18-9-11-4-5-12(13(15)8-11)14(16-10-17)6-2-3-7-14/h4-5,8H,2-3,6-7,9H2,1H3. The lowest BCUT2D eigenvalue weighted by atomic mass is 9.88. The van der Waals surface area contributed by atoms with Gasteiger partial charge in [-0.1, -0.05) is 25.0 Å². The van der Waals surface area contributed by atoms with Crippen molar-refractivity contribution in [1.29, 1.82) is 0 Å². The number of rotatable bonds is 4. The predicted octanol–water partition coefficient (Wildman–Crippen LogP) is 3.08. The van der Waals surface area contributed by atoms with Crippen LogP contribution in [0, 0.1) is 5.82 Å². The first-order chi connectivity index (χ1) is 8.72. The number of hydrogen-bond donors (Lipinski definition) is 0. The Kier molecular flexibility index (Phi) is 3.90. The molecule has 1 aromatic rings. The zero-order valence-corrected chi connectivity index (χ0v) is 10.4. The van der Waals surface area contributed by atoms with Gasteiger partial charge in [0.1, 0.15) is 11.4 Å². The number of hydrogen-bond acceptors (Lipinski definition) is 3. The maximum absolute atomic E-state index is 14.1. The lowest BCUT2D eigenvalue weighted by Gasteiger charge is -2.23. The monoisotopic (exact) mass is 249 g/mol. The van der Waals surface area contributed by atoms with Gasteiger partial charge in [-0.05, 0) is 24.5 Å². The number of benzene rings is 1. The summed E-state index contributed by atoms with van der Waals surface area (Å²) < 4.78 is 19.1. The highest BCUT2D eigenvalue weighted by atomic mass is 19.1. The first-order valence-electron chi connectivity index (χ1n) is 6.09. The third kappa shape index (κ3) is 2.35. The predicted molar refractivity (Wildman–Crippen MR) is 65.4 cm³/mol. The molecule has 18 heavy (non-hydrogen) atoms. The van der Waals surface area contributed by atoms with Crippen molar-refractivity contribution in [2.45, 2.75) is 37.8 Å². The second kappa shape index (κ2) is 5.42. The molecule has 0 aromatic heterocycles. The Morgan fingerprint density at radius 2 is 2.17 bits per heavy atom. The van der Waals surface area contributed by atoms with Crippen molar-refractivity contribution < 1.29 is 13.9 Å². The molecule has 0 aliphatic heterocycles. The molecule has 2 rings (SSSR count). The molecule has 96 valence electrons. The topological polar surface area (TPSA) is 38.7 Å². The van der Waals surface area contributed by atoms with E-state index in [1.165, 1.54) is 6.07 Å². The van der Waals surface area contributed by atoms with Gasteiger partial charge in [-0.25, -0.2) is 9.18 Å². The number of halogens is 1. The highest BCUT2D eigenvalue weighted by Gasteiger charge is 2.37. The van der Waals surface area contributed by atoms with Crippen LogP contribution >= 0.6 is 0 Å². The average molecular weight is 249 g/mol. The maximum atomic E-state index is 14.1. The summed E-state index contributed by atoms with van der Waals surface area (Å²) in [6, 6.07) is 5.00. The van der Waals surface area contributed by atoms with Crippen LogP contribution in [0.4, 0.5) is 4.39 Å². The van der Waals surface area contributed by atoms with E-state index >= 15 is 0 Å². The third-order valence-electron chi connectivity index (χ3n) is 3.54. The summed E-state index contributed by atoms with van der Waals surface area (Å²) in [4.78, 5) is 14.5. The van der Waals surface area contributed by atoms with E-state index in [0.29, 0.717) is 25.0 Å². The lowest BCUT2D eigenvalue weighted by molar-refractivity contribution is 0.184. The smallest absolute Gasteiger partial charge is 0.235 e. The van der Waals surface area contributed by atoms with Gasteiger partial charge in [0.25, 0.3) is 0 Å².